The van der Waals surface area contributed by atoms with Gasteiger partial charge >= 0.3 is 5.97 Å². The first-order chi connectivity index (χ1) is 12.8. The van der Waals surface area contributed by atoms with Crippen molar-refractivity contribution in [2.45, 2.75) is 20.0 Å². The Labute approximate surface area is 156 Å². The molecule has 0 saturated carbocycles. The van der Waals surface area contributed by atoms with Crippen molar-refractivity contribution in [3.63, 3.8) is 0 Å². The van der Waals surface area contributed by atoms with E-state index in [1.165, 1.54) is 6.07 Å². The Hall–Kier alpha value is -3.23. The van der Waals surface area contributed by atoms with E-state index in [0.29, 0.717) is 17.7 Å². The van der Waals surface area contributed by atoms with Crippen LogP contribution in [-0.4, -0.2) is 39.5 Å². The molecule has 0 aromatic heterocycles. The summed E-state index contributed by atoms with van der Waals surface area (Å²) in [4.78, 5) is 36.1. The molecule has 0 unspecified atom stereocenters. The summed E-state index contributed by atoms with van der Waals surface area (Å²) in [6, 6.07) is 11.6. The fraction of sp³-hybridized carbons (Fsp3) is 0.211. The molecule has 0 bridgehead atoms. The Morgan fingerprint density at radius 2 is 1.81 bits per heavy atom. The van der Waals surface area contributed by atoms with Crippen LogP contribution in [0.4, 0.5) is 0 Å². The predicted octanol–water partition coefficient (Wildman–Crippen LogP) is 1.30. The van der Waals surface area contributed by atoms with Gasteiger partial charge in [-0.05, 0) is 41.8 Å². The second kappa shape index (κ2) is 8.93. The molecule has 5 N–H and O–H groups in total. The fourth-order valence-corrected chi connectivity index (χ4v) is 2.81. The van der Waals surface area contributed by atoms with Crippen molar-refractivity contribution in [3.05, 3.63) is 70.3 Å². The third-order valence-electron chi connectivity index (χ3n) is 4.18. The molecule has 2 aromatic carbocycles. The predicted molar refractivity (Wildman–Crippen MR) is 97.1 cm³/mol. The highest BCUT2D eigenvalue weighted by Crippen LogP contribution is 2.18. The number of nitrogens with two attached hydrogens (primary N) is 1. The highest BCUT2D eigenvalue weighted by atomic mass is 16.5. The average Bonchev–Trinajstić information content (AvgIpc) is 2.63. The third kappa shape index (κ3) is 5.37. The molecule has 0 atom stereocenters. The van der Waals surface area contributed by atoms with Crippen LogP contribution in [0, 0.1) is 6.92 Å². The Bertz CT molecular complexity index is 866. The molecule has 0 aliphatic rings. The zero-order valence-corrected chi connectivity index (χ0v) is 14.8. The minimum absolute atomic E-state index is 0.117. The van der Waals surface area contributed by atoms with E-state index < -0.39 is 17.8 Å². The standard InChI is InChI=1S/C19H21N3O5/c1-12-15(6-3-7-16(12)19(25)26)10-22(11-17(23)21-27)9-13-4-2-5-14(8-13)18(20)24/h2-8,27H,9-11H2,1H3,(H2,20,24)(H,21,23)(H,25,26). The van der Waals surface area contributed by atoms with Gasteiger partial charge in [0.15, 0.2) is 0 Å². The number of hydrogen-bond donors (Lipinski definition) is 4. The average molecular weight is 371 g/mol. The van der Waals surface area contributed by atoms with Crippen LogP contribution >= 0.6 is 0 Å². The molecule has 0 aliphatic heterocycles. The minimum atomic E-state index is -1.02. The van der Waals surface area contributed by atoms with Gasteiger partial charge in [-0.3, -0.25) is 19.7 Å². The number of amides is 2. The maximum Gasteiger partial charge on any atom is 0.335 e. The molecule has 0 aliphatic carbocycles. The molecule has 0 saturated heterocycles. The largest absolute Gasteiger partial charge is 0.478 e. The molecule has 0 heterocycles. The molecular formula is C19H21N3O5. The number of benzene rings is 2. The summed E-state index contributed by atoms with van der Waals surface area (Å²) in [5.74, 6) is -2.18. The molecule has 142 valence electrons. The summed E-state index contributed by atoms with van der Waals surface area (Å²) in [6.45, 7) is 2.16. The second-order valence-electron chi connectivity index (χ2n) is 6.14. The maximum atomic E-state index is 11.7. The normalized spacial score (nSPS) is 10.6. The summed E-state index contributed by atoms with van der Waals surface area (Å²) in [6.07, 6.45) is 0. The highest BCUT2D eigenvalue weighted by Gasteiger charge is 2.16. The van der Waals surface area contributed by atoms with Crippen molar-refractivity contribution < 1.29 is 24.7 Å². The van der Waals surface area contributed by atoms with Crippen LogP contribution in [0.1, 0.15) is 37.4 Å². The lowest BCUT2D eigenvalue weighted by atomic mass is 10.0. The van der Waals surface area contributed by atoms with Crippen LogP contribution in [0.5, 0.6) is 0 Å². The molecule has 27 heavy (non-hydrogen) atoms. The van der Waals surface area contributed by atoms with Gasteiger partial charge in [0.2, 0.25) is 5.91 Å². The SMILES string of the molecule is Cc1c(CN(CC(=O)NO)Cc2cccc(C(N)=O)c2)cccc1C(=O)O. The third-order valence-corrected chi connectivity index (χ3v) is 4.18. The number of aromatic carboxylic acids is 1. The number of hydrogen-bond acceptors (Lipinski definition) is 5. The maximum absolute atomic E-state index is 11.7. The summed E-state index contributed by atoms with van der Waals surface area (Å²) in [5.41, 5.74) is 9.53. The van der Waals surface area contributed by atoms with Gasteiger partial charge in [-0.1, -0.05) is 24.3 Å². The van der Waals surface area contributed by atoms with E-state index >= 15 is 0 Å². The van der Waals surface area contributed by atoms with E-state index in [2.05, 4.69) is 0 Å². The van der Waals surface area contributed by atoms with Gasteiger partial charge in [-0.25, -0.2) is 10.3 Å². The van der Waals surface area contributed by atoms with Crippen molar-refractivity contribution in [2.75, 3.05) is 6.54 Å². The smallest absolute Gasteiger partial charge is 0.335 e. The van der Waals surface area contributed by atoms with E-state index in [1.54, 1.807) is 53.7 Å². The highest BCUT2D eigenvalue weighted by molar-refractivity contribution is 5.92. The molecular weight excluding hydrogens is 350 g/mol. The lowest BCUT2D eigenvalue weighted by Gasteiger charge is -2.23. The number of carbonyl (C=O) groups excluding carboxylic acids is 2. The number of carboxylic acids is 1. The number of carbonyl (C=O) groups is 3. The number of nitrogens with zero attached hydrogens (tertiary/aromatic N) is 1. The van der Waals surface area contributed by atoms with Gasteiger partial charge in [0.25, 0.3) is 5.91 Å². The quantitative estimate of drug-likeness (QED) is 0.408. The molecule has 8 nitrogen and oxygen atoms in total. The minimum Gasteiger partial charge on any atom is -0.478 e. The lowest BCUT2D eigenvalue weighted by molar-refractivity contribution is -0.130. The van der Waals surface area contributed by atoms with Gasteiger partial charge in [-0.2, -0.15) is 0 Å². The monoisotopic (exact) mass is 371 g/mol. The summed E-state index contributed by atoms with van der Waals surface area (Å²) in [5, 5.41) is 18.1. The first kappa shape index (κ1) is 20.1. The number of hydroxylamine groups is 1. The molecule has 2 rings (SSSR count). The summed E-state index contributed by atoms with van der Waals surface area (Å²) < 4.78 is 0. The van der Waals surface area contributed by atoms with Crippen LogP contribution in [0.3, 0.4) is 0 Å². The summed E-state index contributed by atoms with van der Waals surface area (Å²) in [7, 11) is 0. The van der Waals surface area contributed by atoms with Crippen molar-refractivity contribution >= 4 is 17.8 Å². The van der Waals surface area contributed by atoms with Crippen LogP contribution < -0.4 is 11.2 Å². The van der Waals surface area contributed by atoms with Crippen molar-refractivity contribution in [1.29, 1.82) is 0 Å². The fourth-order valence-electron chi connectivity index (χ4n) is 2.81. The van der Waals surface area contributed by atoms with Gasteiger partial charge in [-0.15, -0.1) is 0 Å². The Morgan fingerprint density at radius 3 is 2.44 bits per heavy atom. The number of rotatable bonds is 8. The zero-order chi connectivity index (χ0) is 20.0. The van der Waals surface area contributed by atoms with Gasteiger partial charge in [0.05, 0.1) is 12.1 Å². The zero-order valence-electron chi connectivity index (χ0n) is 14.8. The summed E-state index contributed by atoms with van der Waals surface area (Å²) >= 11 is 0. The molecule has 0 fully saturated rings. The molecule has 8 heteroatoms. The van der Waals surface area contributed by atoms with Crippen LogP contribution in [0.25, 0.3) is 0 Å². The number of nitrogens with one attached hydrogen (secondary N) is 1. The van der Waals surface area contributed by atoms with Crippen LogP contribution in [-0.2, 0) is 17.9 Å². The van der Waals surface area contributed by atoms with E-state index in [0.717, 1.165) is 11.1 Å². The van der Waals surface area contributed by atoms with Crippen molar-refractivity contribution in [3.8, 4) is 0 Å². The Morgan fingerprint density at radius 1 is 1.11 bits per heavy atom. The Kier molecular flexibility index (Phi) is 6.64. The van der Waals surface area contributed by atoms with E-state index in [4.69, 9.17) is 10.9 Å². The van der Waals surface area contributed by atoms with E-state index in [9.17, 15) is 19.5 Å². The Balaban J connectivity index is 2.29. The van der Waals surface area contributed by atoms with Gasteiger partial charge < -0.3 is 10.8 Å². The molecule has 0 radical (unpaired) electrons. The first-order valence-electron chi connectivity index (χ1n) is 8.17. The molecule has 2 amide bonds. The van der Waals surface area contributed by atoms with Gasteiger partial charge in [0, 0.05) is 18.7 Å². The van der Waals surface area contributed by atoms with Gasteiger partial charge in [0.1, 0.15) is 0 Å². The van der Waals surface area contributed by atoms with Crippen LogP contribution in [0.2, 0.25) is 0 Å². The topological polar surface area (TPSA) is 133 Å². The first-order valence-corrected chi connectivity index (χ1v) is 8.17. The van der Waals surface area contributed by atoms with Crippen molar-refractivity contribution in [1.82, 2.24) is 10.4 Å². The van der Waals surface area contributed by atoms with E-state index in [-0.39, 0.29) is 18.7 Å². The van der Waals surface area contributed by atoms with E-state index in [1.807, 2.05) is 0 Å². The van der Waals surface area contributed by atoms with Crippen molar-refractivity contribution in [2.24, 2.45) is 5.73 Å². The molecule has 0 spiro atoms. The van der Waals surface area contributed by atoms with Crippen LogP contribution in [0.15, 0.2) is 42.5 Å². The second-order valence-corrected chi connectivity index (χ2v) is 6.14. The number of carboxylic acid groups (broad SMARTS) is 1. The molecule has 2 aromatic rings. The lowest BCUT2D eigenvalue weighted by Crippen LogP contribution is -2.35. The number of primary amides is 1.